The normalized spacial score (nSPS) is 23.5. The van der Waals surface area contributed by atoms with Gasteiger partial charge in [-0.15, -0.1) is 0 Å². The van der Waals surface area contributed by atoms with Crippen molar-refractivity contribution < 1.29 is 13.2 Å². The Kier molecular flexibility index (Phi) is 4.39. The number of nitrogens with two attached hydrogens (primary N) is 1. The maximum Gasteiger partial charge on any atom is 0.247 e. The maximum absolute atomic E-state index is 12.8. The van der Waals surface area contributed by atoms with E-state index >= 15 is 0 Å². The number of carbonyl (C=O) groups excluding carboxylic acids is 1. The Bertz CT molecular complexity index is 611. The summed E-state index contributed by atoms with van der Waals surface area (Å²) in [6.07, 6.45) is 0.493. The average molecular weight is 310 g/mol. The number of carbonyl (C=O) groups is 1. The van der Waals surface area contributed by atoms with E-state index in [9.17, 15) is 13.2 Å². The van der Waals surface area contributed by atoms with Gasteiger partial charge in [0, 0.05) is 12.6 Å². The van der Waals surface area contributed by atoms with Crippen LogP contribution in [0.25, 0.3) is 0 Å². The molecule has 1 amide bonds. The molecular formula is C15H22N2O3S. The highest BCUT2D eigenvalue weighted by molar-refractivity contribution is 7.91. The number of amides is 1. The predicted molar refractivity (Wildman–Crippen MR) is 82.4 cm³/mol. The Hall–Kier alpha value is -1.40. The molecule has 0 aromatic heterocycles. The van der Waals surface area contributed by atoms with E-state index in [2.05, 4.69) is 0 Å². The number of sulfone groups is 1. The Morgan fingerprint density at radius 1 is 1.38 bits per heavy atom. The largest absolute Gasteiger partial charge is 0.337 e. The lowest BCUT2D eigenvalue weighted by atomic mass is 9.91. The smallest absolute Gasteiger partial charge is 0.247 e. The van der Waals surface area contributed by atoms with Crippen molar-refractivity contribution in [3.63, 3.8) is 0 Å². The molecule has 0 radical (unpaired) electrons. The molecule has 1 aliphatic rings. The first-order valence-corrected chi connectivity index (χ1v) is 8.96. The first kappa shape index (κ1) is 16.0. The second kappa shape index (κ2) is 5.77. The zero-order valence-electron chi connectivity index (χ0n) is 12.5. The molecule has 1 heterocycles. The Balaban J connectivity index is 2.24. The molecule has 2 atom stereocenters. The fourth-order valence-corrected chi connectivity index (χ4v) is 4.53. The second-order valence-electron chi connectivity index (χ2n) is 5.72. The molecule has 1 aliphatic heterocycles. The molecule has 116 valence electrons. The molecule has 2 unspecified atom stereocenters. The Labute approximate surface area is 126 Å². The molecule has 21 heavy (non-hydrogen) atoms. The predicted octanol–water partition coefficient (Wildman–Crippen LogP) is 0.896. The van der Waals surface area contributed by atoms with Crippen LogP contribution < -0.4 is 5.73 Å². The minimum Gasteiger partial charge on any atom is -0.337 e. The van der Waals surface area contributed by atoms with Gasteiger partial charge in [0.2, 0.25) is 5.91 Å². The van der Waals surface area contributed by atoms with Gasteiger partial charge in [-0.3, -0.25) is 4.79 Å². The third kappa shape index (κ3) is 3.27. The quantitative estimate of drug-likeness (QED) is 0.896. The summed E-state index contributed by atoms with van der Waals surface area (Å²) in [7, 11) is -3.03. The number of hydrogen-bond acceptors (Lipinski definition) is 4. The molecule has 2 N–H and O–H groups in total. The molecule has 5 nitrogen and oxygen atoms in total. The van der Waals surface area contributed by atoms with Crippen molar-refractivity contribution >= 4 is 15.7 Å². The van der Waals surface area contributed by atoms with Crippen LogP contribution in [0.1, 0.15) is 25.8 Å². The lowest BCUT2D eigenvalue weighted by Gasteiger charge is -2.34. The summed E-state index contributed by atoms with van der Waals surface area (Å²) in [5.74, 6) is -0.0378. The van der Waals surface area contributed by atoms with Crippen molar-refractivity contribution in [1.29, 1.82) is 0 Å². The maximum atomic E-state index is 12.8. The minimum absolute atomic E-state index is 0.0391. The lowest BCUT2D eigenvalue weighted by molar-refractivity contribution is -0.138. The van der Waals surface area contributed by atoms with Crippen LogP contribution in [0.5, 0.6) is 0 Å². The summed E-state index contributed by atoms with van der Waals surface area (Å²) < 4.78 is 23.3. The van der Waals surface area contributed by atoms with Crippen LogP contribution in [0.2, 0.25) is 0 Å². The number of benzene rings is 1. The molecule has 0 spiro atoms. The van der Waals surface area contributed by atoms with Crippen LogP contribution in [0.4, 0.5) is 0 Å². The van der Waals surface area contributed by atoms with Crippen LogP contribution in [0.15, 0.2) is 30.3 Å². The van der Waals surface area contributed by atoms with Crippen molar-refractivity contribution in [2.75, 3.05) is 18.1 Å². The van der Waals surface area contributed by atoms with E-state index < -0.39 is 15.4 Å². The summed E-state index contributed by atoms with van der Waals surface area (Å²) in [4.78, 5) is 14.4. The van der Waals surface area contributed by atoms with Crippen molar-refractivity contribution in [3.05, 3.63) is 35.9 Å². The summed E-state index contributed by atoms with van der Waals surface area (Å²) in [5, 5.41) is 0. The van der Waals surface area contributed by atoms with Crippen molar-refractivity contribution in [3.8, 4) is 0 Å². The SMILES string of the molecule is CCN(C(=O)C(C)(N)c1ccccc1)C1CCS(=O)(=O)C1. The van der Waals surface area contributed by atoms with Crippen molar-refractivity contribution in [2.45, 2.75) is 31.8 Å². The molecular weight excluding hydrogens is 288 g/mol. The third-order valence-electron chi connectivity index (χ3n) is 4.07. The Morgan fingerprint density at radius 3 is 2.48 bits per heavy atom. The van der Waals surface area contributed by atoms with E-state index in [-0.39, 0.29) is 23.5 Å². The van der Waals surface area contributed by atoms with Crippen LogP contribution in [0.3, 0.4) is 0 Å². The van der Waals surface area contributed by atoms with Crippen LogP contribution in [-0.2, 0) is 20.2 Å². The molecule has 1 fully saturated rings. The van der Waals surface area contributed by atoms with Gasteiger partial charge >= 0.3 is 0 Å². The van der Waals surface area contributed by atoms with Crippen LogP contribution >= 0.6 is 0 Å². The van der Waals surface area contributed by atoms with Crippen LogP contribution in [0, 0.1) is 0 Å². The first-order valence-electron chi connectivity index (χ1n) is 7.14. The summed E-state index contributed by atoms with van der Waals surface area (Å²) in [6, 6.07) is 8.91. The van der Waals surface area contributed by atoms with Gasteiger partial charge in [-0.25, -0.2) is 8.42 Å². The molecule has 0 saturated carbocycles. The summed E-state index contributed by atoms with van der Waals surface area (Å²) >= 11 is 0. The topological polar surface area (TPSA) is 80.5 Å². The molecule has 0 bridgehead atoms. The fraction of sp³-hybridized carbons (Fsp3) is 0.533. The summed E-state index contributed by atoms with van der Waals surface area (Å²) in [5.41, 5.74) is 5.83. The summed E-state index contributed by atoms with van der Waals surface area (Å²) in [6.45, 7) is 3.99. The van der Waals surface area contributed by atoms with Crippen molar-refractivity contribution in [1.82, 2.24) is 4.90 Å². The molecule has 0 aliphatic carbocycles. The average Bonchev–Trinajstić information content (AvgIpc) is 2.80. The first-order chi connectivity index (χ1) is 9.78. The van der Waals surface area contributed by atoms with Gasteiger partial charge in [-0.2, -0.15) is 0 Å². The van der Waals surface area contributed by atoms with E-state index in [4.69, 9.17) is 5.73 Å². The monoisotopic (exact) mass is 310 g/mol. The van der Waals surface area contributed by atoms with Crippen LogP contribution in [-0.4, -0.2) is 43.3 Å². The van der Waals surface area contributed by atoms with Crippen molar-refractivity contribution in [2.24, 2.45) is 5.73 Å². The number of likely N-dealkylation sites (N-methyl/N-ethyl adjacent to an activating group) is 1. The third-order valence-corrected chi connectivity index (χ3v) is 5.82. The van der Waals surface area contributed by atoms with Gasteiger partial charge in [0.1, 0.15) is 5.54 Å². The fourth-order valence-electron chi connectivity index (χ4n) is 2.79. The van der Waals surface area contributed by atoms with E-state index in [0.29, 0.717) is 13.0 Å². The zero-order valence-corrected chi connectivity index (χ0v) is 13.3. The van der Waals surface area contributed by atoms with Gasteiger partial charge in [-0.1, -0.05) is 30.3 Å². The minimum atomic E-state index is -3.03. The van der Waals surface area contributed by atoms with Gasteiger partial charge in [-0.05, 0) is 25.8 Å². The second-order valence-corrected chi connectivity index (χ2v) is 7.95. The number of nitrogens with zero attached hydrogens (tertiary/aromatic N) is 1. The van der Waals surface area contributed by atoms with E-state index in [0.717, 1.165) is 5.56 Å². The lowest BCUT2D eigenvalue weighted by Crippen LogP contribution is -2.54. The van der Waals surface area contributed by atoms with Gasteiger partial charge < -0.3 is 10.6 Å². The van der Waals surface area contributed by atoms with Gasteiger partial charge in [0.05, 0.1) is 11.5 Å². The Morgan fingerprint density at radius 2 is 2.00 bits per heavy atom. The highest BCUT2D eigenvalue weighted by atomic mass is 32.2. The molecule has 1 aromatic carbocycles. The molecule has 6 heteroatoms. The van der Waals surface area contributed by atoms with E-state index in [1.807, 2.05) is 37.3 Å². The molecule has 1 saturated heterocycles. The highest BCUT2D eigenvalue weighted by Gasteiger charge is 2.40. The van der Waals surface area contributed by atoms with Gasteiger partial charge in [0.25, 0.3) is 0 Å². The van der Waals surface area contributed by atoms with E-state index in [1.54, 1.807) is 11.8 Å². The number of hydrogen-bond donors (Lipinski definition) is 1. The van der Waals surface area contributed by atoms with E-state index in [1.165, 1.54) is 0 Å². The highest BCUT2D eigenvalue weighted by Crippen LogP contribution is 2.25. The standard InChI is InChI=1S/C15H22N2O3S/c1-3-17(13-9-10-21(19,20)11-13)14(18)15(2,16)12-7-5-4-6-8-12/h4-8,13H,3,9-11,16H2,1-2H3. The molecule has 1 aromatic rings. The van der Waals surface area contributed by atoms with Gasteiger partial charge in [0.15, 0.2) is 9.84 Å². The molecule has 2 rings (SSSR count). The number of rotatable bonds is 4. The zero-order chi connectivity index (χ0) is 15.7.